The van der Waals surface area contributed by atoms with Gasteiger partial charge >= 0.3 is 0 Å². The summed E-state index contributed by atoms with van der Waals surface area (Å²) in [6.07, 6.45) is 1.63. The lowest BCUT2D eigenvalue weighted by Gasteiger charge is -2.15. The summed E-state index contributed by atoms with van der Waals surface area (Å²) >= 11 is 0. The Morgan fingerprint density at radius 1 is 1.56 bits per heavy atom. The van der Waals surface area contributed by atoms with Crippen LogP contribution in [0.4, 0.5) is 5.69 Å². The molecule has 100 valence electrons. The van der Waals surface area contributed by atoms with E-state index in [0.717, 1.165) is 12.8 Å². The monoisotopic (exact) mass is 252 g/mol. The lowest BCUT2D eigenvalue weighted by Crippen LogP contribution is -2.29. The lowest BCUT2D eigenvalue weighted by atomic mass is 10.0. The van der Waals surface area contributed by atoms with Gasteiger partial charge in [0.1, 0.15) is 11.5 Å². The van der Waals surface area contributed by atoms with Crippen LogP contribution in [0.3, 0.4) is 0 Å². The average Bonchev–Trinajstić information content (AvgIpc) is 2.38. The van der Waals surface area contributed by atoms with Crippen molar-refractivity contribution in [3.8, 4) is 11.5 Å². The van der Waals surface area contributed by atoms with Gasteiger partial charge in [0.2, 0.25) is 5.91 Å². The standard InChI is InChI=1S/C13H20N2O3/c1-3-4-9(8-14)13(17)15-11-6-5-10(18-2)7-12(11)16/h5-7,9,16H,3-4,8,14H2,1-2H3,(H,15,17). The summed E-state index contributed by atoms with van der Waals surface area (Å²) in [5.41, 5.74) is 5.92. The van der Waals surface area contributed by atoms with Crippen molar-refractivity contribution in [3.63, 3.8) is 0 Å². The van der Waals surface area contributed by atoms with E-state index in [1.807, 2.05) is 6.92 Å². The molecule has 1 atom stereocenters. The highest BCUT2D eigenvalue weighted by atomic mass is 16.5. The van der Waals surface area contributed by atoms with Gasteiger partial charge in [-0.1, -0.05) is 13.3 Å². The fourth-order valence-corrected chi connectivity index (χ4v) is 1.68. The van der Waals surface area contributed by atoms with Crippen LogP contribution in [0.1, 0.15) is 19.8 Å². The minimum absolute atomic E-state index is 0.0185. The highest BCUT2D eigenvalue weighted by Crippen LogP contribution is 2.28. The summed E-state index contributed by atoms with van der Waals surface area (Å²) in [6, 6.07) is 4.73. The second kappa shape index (κ2) is 6.86. The van der Waals surface area contributed by atoms with E-state index >= 15 is 0 Å². The van der Waals surface area contributed by atoms with Crippen LogP contribution in [0.15, 0.2) is 18.2 Å². The Hall–Kier alpha value is -1.75. The van der Waals surface area contributed by atoms with E-state index in [1.165, 1.54) is 13.2 Å². The van der Waals surface area contributed by atoms with Crippen LogP contribution >= 0.6 is 0 Å². The number of carbonyl (C=O) groups is 1. The fourth-order valence-electron chi connectivity index (χ4n) is 1.68. The molecule has 0 heterocycles. The van der Waals surface area contributed by atoms with Crippen molar-refractivity contribution < 1.29 is 14.6 Å². The first-order valence-corrected chi connectivity index (χ1v) is 6.00. The Morgan fingerprint density at radius 3 is 2.78 bits per heavy atom. The van der Waals surface area contributed by atoms with Crippen LogP contribution in [0.5, 0.6) is 11.5 Å². The number of amides is 1. The first-order chi connectivity index (χ1) is 8.62. The average molecular weight is 252 g/mol. The number of hydrogen-bond acceptors (Lipinski definition) is 4. The minimum atomic E-state index is -0.225. The zero-order valence-electron chi connectivity index (χ0n) is 10.8. The first kappa shape index (κ1) is 14.3. The van der Waals surface area contributed by atoms with E-state index in [0.29, 0.717) is 18.0 Å². The highest BCUT2D eigenvalue weighted by Gasteiger charge is 2.17. The van der Waals surface area contributed by atoms with E-state index < -0.39 is 0 Å². The molecule has 1 amide bonds. The maximum absolute atomic E-state index is 11.9. The van der Waals surface area contributed by atoms with E-state index in [2.05, 4.69) is 5.32 Å². The molecule has 5 heteroatoms. The van der Waals surface area contributed by atoms with Gasteiger partial charge in [-0.05, 0) is 18.6 Å². The third-order valence-electron chi connectivity index (χ3n) is 2.76. The zero-order chi connectivity index (χ0) is 13.5. The van der Waals surface area contributed by atoms with Crippen molar-refractivity contribution in [1.29, 1.82) is 0 Å². The molecule has 0 radical (unpaired) electrons. The number of rotatable bonds is 6. The fraction of sp³-hybridized carbons (Fsp3) is 0.462. The molecule has 1 unspecified atom stereocenters. The number of hydrogen-bond donors (Lipinski definition) is 3. The number of phenols is 1. The minimum Gasteiger partial charge on any atom is -0.506 e. The van der Waals surface area contributed by atoms with Crippen molar-refractivity contribution in [2.75, 3.05) is 19.0 Å². The first-order valence-electron chi connectivity index (χ1n) is 6.00. The molecule has 0 aliphatic heterocycles. The summed E-state index contributed by atoms with van der Waals surface area (Å²) < 4.78 is 4.97. The molecule has 0 aromatic heterocycles. The smallest absolute Gasteiger partial charge is 0.228 e. The SMILES string of the molecule is CCCC(CN)C(=O)Nc1ccc(OC)cc1O. The number of phenolic OH excluding ortho intramolecular Hbond substituents is 1. The van der Waals surface area contributed by atoms with E-state index in [-0.39, 0.29) is 17.6 Å². The molecule has 1 aromatic rings. The van der Waals surface area contributed by atoms with Gasteiger partial charge in [0.25, 0.3) is 0 Å². The van der Waals surface area contributed by atoms with Gasteiger partial charge in [-0.15, -0.1) is 0 Å². The number of aromatic hydroxyl groups is 1. The lowest BCUT2D eigenvalue weighted by molar-refractivity contribution is -0.119. The quantitative estimate of drug-likeness (QED) is 0.673. The molecule has 5 nitrogen and oxygen atoms in total. The third kappa shape index (κ3) is 3.63. The van der Waals surface area contributed by atoms with Crippen molar-refractivity contribution in [1.82, 2.24) is 0 Å². The van der Waals surface area contributed by atoms with E-state index in [9.17, 15) is 9.90 Å². The molecule has 0 aliphatic carbocycles. The van der Waals surface area contributed by atoms with Crippen molar-refractivity contribution in [2.45, 2.75) is 19.8 Å². The predicted octanol–water partition coefficient (Wildman–Crippen LogP) is 1.71. The largest absolute Gasteiger partial charge is 0.506 e. The Kier molecular flexibility index (Phi) is 5.45. The number of carbonyl (C=O) groups excluding carboxylic acids is 1. The topological polar surface area (TPSA) is 84.6 Å². The van der Waals surface area contributed by atoms with Crippen molar-refractivity contribution >= 4 is 11.6 Å². The summed E-state index contributed by atoms with van der Waals surface area (Å²) in [4.78, 5) is 11.9. The Morgan fingerprint density at radius 2 is 2.28 bits per heavy atom. The maximum Gasteiger partial charge on any atom is 0.228 e. The van der Waals surface area contributed by atoms with Gasteiger partial charge in [0.05, 0.1) is 18.7 Å². The normalized spacial score (nSPS) is 11.9. The number of ether oxygens (including phenoxy) is 1. The van der Waals surface area contributed by atoms with Crippen LogP contribution in [0.2, 0.25) is 0 Å². The molecule has 0 aliphatic rings. The van der Waals surface area contributed by atoms with Crippen LogP contribution in [0.25, 0.3) is 0 Å². The molecule has 0 spiro atoms. The molecule has 4 N–H and O–H groups in total. The molecule has 1 rings (SSSR count). The second-order valence-electron chi connectivity index (χ2n) is 4.09. The van der Waals surface area contributed by atoms with Gasteiger partial charge < -0.3 is 20.9 Å². The van der Waals surface area contributed by atoms with Crippen LogP contribution < -0.4 is 15.8 Å². The predicted molar refractivity (Wildman–Crippen MR) is 70.7 cm³/mol. The van der Waals surface area contributed by atoms with Gasteiger partial charge in [-0.25, -0.2) is 0 Å². The maximum atomic E-state index is 11.9. The van der Waals surface area contributed by atoms with Crippen molar-refractivity contribution in [3.05, 3.63) is 18.2 Å². The van der Waals surface area contributed by atoms with Crippen molar-refractivity contribution in [2.24, 2.45) is 11.7 Å². The van der Waals surface area contributed by atoms with Gasteiger partial charge in [-0.2, -0.15) is 0 Å². The number of benzene rings is 1. The number of anilines is 1. The van der Waals surface area contributed by atoms with Crippen LogP contribution in [-0.4, -0.2) is 24.7 Å². The Labute approximate surface area is 107 Å². The van der Waals surface area contributed by atoms with E-state index in [1.54, 1.807) is 12.1 Å². The molecular weight excluding hydrogens is 232 g/mol. The van der Waals surface area contributed by atoms with Gasteiger partial charge in [0.15, 0.2) is 0 Å². The Balaban J connectivity index is 2.74. The molecule has 0 saturated carbocycles. The Bertz CT molecular complexity index is 407. The van der Waals surface area contributed by atoms with Gasteiger partial charge in [-0.3, -0.25) is 4.79 Å². The molecule has 18 heavy (non-hydrogen) atoms. The number of nitrogens with two attached hydrogens (primary N) is 1. The number of nitrogens with one attached hydrogen (secondary N) is 1. The molecule has 0 bridgehead atoms. The van der Waals surface area contributed by atoms with E-state index in [4.69, 9.17) is 10.5 Å². The molecule has 0 saturated heterocycles. The summed E-state index contributed by atoms with van der Waals surface area (Å²) in [7, 11) is 1.51. The summed E-state index contributed by atoms with van der Waals surface area (Å²) in [5, 5.41) is 12.4. The molecule has 1 aromatic carbocycles. The highest BCUT2D eigenvalue weighted by molar-refractivity contribution is 5.94. The molecular formula is C13H20N2O3. The van der Waals surface area contributed by atoms with Crippen LogP contribution in [0, 0.1) is 5.92 Å². The molecule has 0 fully saturated rings. The zero-order valence-corrected chi connectivity index (χ0v) is 10.8. The van der Waals surface area contributed by atoms with Gasteiger partial charge in [0, 0.05) is 12.6 Å². The summed E-state index contributed by atoms with van der Waals surface area (Å²) in [5.74, 6) is 0.126. The number of methoxy groups -OCH3 is 1. The second-order valence-corrected chi connectivity index (χ2v) is 4.09. The van der Waals surface area contributed by atoms with Crippen LogP contribution in [-0.2, 0) is 4.79 Å². The third-order valence-corrected chi connectivity index (χ3v) is 2.76. The summed E-state index contributed by atoms with van der Waals surface area (Å²) in [6.45, 7) is 2.30.